The molecule has 1 aliphatic rings. The van der Waals surface area contributed by atoms with Gasteiger partial charge in [-0.25, -0.2) is 0 Å². The van der Waals surface area contributed by atoms with E-state index in [0.29, 0.717) is 22.6 Å². The van der Waals surface area contributed by atoms with Crippen molar-refractivity contribution in [1.82, 2.24) is 0 Å². The lowest BCUT2D eigenvalue weighted by Gasteiger charge is -2.36. The summed E-state index contributed by atoms with van der Waals surface area (Å²) in [4.78, 5) is 25.7. The van der Waals surface area contributed by atoms with Crippen LogP contribution in [0.3, 0.4) is 0 Å². The predicted molar refractivity (Wildman–Crippen MR) is 107 cm³/mol. The van der Waals surface area contributed by atoms with Crippen LogP contribution in [0.2, 0.25) is 0 Å². The van der Waals surface area contributed by atoms with E-state index in [2.05, 4.69) is 0 Å². The lowest BCUT2D eigenvalue weighted by molar-refractivity contribution is -0.170. The maximum absolute atomic E-state index is 13.6. The van der Waals surface area contributed by atoms with E-state index in [9.17, 15) is 9.59 Å². The van der Waals surface area contributed by atoms with E-state index in [1.54, 1.807) is 54.6 Å². The third kappa shape index (κ3) is 3.59. The van der Waals surface area contributed by atoms with Gasteiger partial charge in [-0.05, 0) is 12.1 Å². The minimum Gasteiger partial charge on any atom is -0.485 e. The van der Waals surface area contributed by atoms with E-state index < -0.39 is 17.7 Å². The van der Waals surface area contributed by atoms with Gasteiger partial charge in [0.15, 0.2) is 11.5 Å². The second-order valence-corrected chi connectivity index (χ2v) is 6.81. The molecule has 5 heteroatoms. The summed E-state index contributed by atoms with van der Waals surface area (Å²) in [6, 6.07) is 25.0. The zero-order valence-corrected chi connectivity index (χ0v) is 15.9. The smallest absolute Gasteiger partial charge is 0.303 e. The van der Waals surface area contributed by atoms with Crippen LogP contribution in [0.4, 0.5) is 0 Å². The molecule has 2 atom stereocenters. The molecule has 0 aromatic heterocycles. The van der Waals surface area contributed by atoms with E-state index in [1.165, 1.54) is 6.92 Å². The van der Waals surface area contributed by atoms with Gasteiger partial charge in [-0.2, -0.15) is 0 Å². The highest BCUT2D eigenvalue weighted by Crippen LogP contribution is 2.41. The van der Waals surface area contributed by atoms with E-state index in [-0.39, 0.29) is 12.4 Å². The molecule has 0 saturated carbocycles. The molecule has 146 valence electrons. The molecule has 0 radical (unpaired) electrons. The Bertz CT molecular complexity index is 1020. The molecule has 0 aliphatic carbocycles. The van der Waals surface area contributed by atoms with Crippen LogP contribution in [-0.2, 0) is 15.1 Å². The molecule has 4 rings (SSSR count). The molecule has 0 saturated heterocycles. The van der Waals surface area contributed by atoms with Gasteiger partial charge in [0.25, 0.3) is 0 Å². The van der Waals surface area contributed by atoms with Gasteiger partial charge in [-0.1, -0.05) is 72.8 Å². The highest BCUT2D eigenvalue weighted by molar-refractivity contribution is 6.01. The summed E-state index contributed by atoms with van der Waals surface area (Å²) < 4.78 is 18.0. The Balaban J connectivity index is 1.90. The van der Waals surface area contributed by atoms with Crippen LogP contribution in [0.15, 0.2) is 84.9 Å². The number of carbonyl (C=O) groups excluding carboxylic acids is 2. The SMILES string of the molecule is CC(=O)OC1(c2ccccc2)COc2ccccc2OC1C(=O)c1ccccc1. The zero-order chi connectivity index (χ0) is 20.3. The Kier molecular flexibility index (Phi) is 5.04. The number of para-hydroxylation sites is 2. The number of esters is 1. The van der Waals surface area contributed by atoms with Crippen LogP contribution >= 0.6 is 0 Å². The summed E-state index contributed by atoms with van der Waals surface area (Å²) in [5.41, 5.74) is -0.361. The van der Waals surface area contributed by atoms with Gasteiger partial charge >= 0.3 is 5.97 Å². The first-order valence-corrected chi connectivity index (χ1v) is 9.33. The van der Waals surface area contributed by atoms with E-state index in [4.69, 9.17) is 14.2 Å². The van der Waals surface area contributed by atoms with E-state index in [1.807, 2.05) is 30.3 Å². The Morgan fingerprint density at radius 3 is 2.10 bits per heavy atom. The molecule has 0 N–H and O–H groups in total. The second-order valence-electron chi connectivity index (χ2n) is 6.81. The molecule has 0 amide bonds. The molecule has 0 spiro atoms. The molecule has 29 heavy (non-hydrogen) atoms. The van der Waals surface area contributed by atoms with Crippen LogP contribution in [0.5, 0.6) is 11.5 Å². The zero-order valence-electron chi connectivity index (χ0n) is 15.9. The highest BCUT2D eigenvalue weighted by Gasteiger charge is 2.52. The summed E-state index contributed by atoms with van der Waals surface area (Å²) in [5.74, 6) is 0.0870. The molecule has 1 aliphatic heterocycles. The summed E-state index contributed by atoms with van der Waals surface area (Å²) in [6.07, 6.45) is -1.13. The average Bonchev–Trinajstić information content (AvgIpc) is 2.92. The quantitative estimate of drug-likeness (QED) is 0.496. The largest absolute Gasteiger partial charge is 0.485 e. The standard InChI is InChI=1S/C24H20O5/c1-17(25)29-24(19-12-6-3-7-13-19)16-27-20-14-8-9-15-21(20)28-23(24)22(26)18-10-4-2-5-11-18/h2-15,23H,16H2,1H3. The van der Waals surface area contributed by atoms with Crippen molar-refractivity contribution in [3.05, 3.63) is 96.1 Å². The van der Waals surface area contributed by atoms with Gasteiger partial charge in [0.1, 0.15) is 6.61 Å². The molecule has 1 heterocycles. The van der Waals surface area contributed by atoms with Crippen LogP contribution in [0.1, 0.15) is 22.8 Å². The van der Waals surface area contributed by atoms with Crippen LogP contribution < -0.4 is 9.47 Å². The predicted octanol–water partition coefficient (Wildman–Crippen LogP) is 4.17. The number of fused-ring (bicyclic) bond motifs is 1. The Morgan fingerprint density at radius 2 is 1.45 bits per heavy atom. The van der Waals surface area contributed by atoms with Crippen LogP contribution in [0.25, 0.3) is 0 Å². The lowest BCUT2D eigenvalue weighted by atomic mass is 9.84. The van der Waals surface area contributed by atoms with Crippen molar-refractivity contribution >= 4 is 11.8 Å². The fourth-order valence-corrected chi connectivity index (χ4v) is 3.52. The normalized spacial score (nSPS) is 20.4. The minimum atomic E-state index is -1.45. The number of Topliss-reactive ketones (excluding diaryl/α,β-unsaturated/α-hetero) is 1. The van der Waals surface area contributed by atoms with E-state index in [0.717, 1.165) is 0 Å². The van der Waals surface area contributed by atoms with Crippen molar-refractivity contribution in [3.8, 4) is 11.5 Å². The Morgan fingerprint density at radius 1 is 0.862 bits per heavy atom. The third-order valence-electron chi connectivity index (χ3n) is 4.84. The van der Waals surface area contributed by atoms with E-state index >= 15 is 0 Å². The fourth-order valence-electron chi connectivity index (χ4n) is 3.52. The molecular weight excluding hydrogens is 368 g/mol. The fraction of sp³-hybridized carbons (Fsp3) is 0.167. The van der Waals surface area contributed by atoms with Crippen molar-refractivity contribution in [1.29, 1.82) is 0 Å². The number of benzene rings is 3. The second kappa shape index (κ2) is 7.80. The Hall–Kier alpha value is -3.60. The first kappa shape index (κ1) is 18.7. The van der Waals surface area contributed by atoms with Crippen molar-refractivity contribution in [3.63, 3.8) is 0 Å². The number of carbonyl (C=O) groups is 2. The van der Waals surface area contributed by atoms with Crippen molar-refractivity contribution < 1.29 is 23.8 Å². The summed E-state index contributed by atoms with van der Waals surface area (Å²) in [5, 5.41) is 0. The maximum Gasteiger partial charge on any atom is 0.303 e. The van der Waals surface area contributed by atoms with Crippen LogP contribution in [0, 0.1) is 0 Å². The van der Waals surface area contributed by atoms with Gasteiger partial charge in [0.05, 0.1) is 0 Å². The van der Waals surface area contributed by atoms with Crippen molar-refractivity contribution in [2.24, 2.45) is 0 Å². The lowest BCUT2D eigenvalue weighted by Crippen LogP contribution is -2.53. The molecule has 5 nitrogen and oxygen atoms in total. The molecular formula is C24H20O5. The van der Waals surface area contributed by atoms with Gasteiger partial charge in [-0.3, -0.25) is 9.59 Å². The highest BCUT2D eigenvalue weighted by atomic mass is 16.6. The monoisotopic (exact) mass is 388 g/mol. The maximum atomic E-state index is 13.6. The molecule has 0 fully saturated rings. The summed E-state index contributed by atoms with van der Waals surface area (Å²) >= 11 is 0. The van der Waals surface area contributed by atoms with Gasteiger partial charge in [-0.15, -0.1) is 0 Å². The summed E-state index contributed by atoms with van der Waals surface area (Å²) in [7, 11) is 0. The average molecular weight is 388 g/mol. The Labute approximate surface area is 168 Å². The summed E-state index contributed by atoms with van der Waals surface area (Å²) in [6.45, 7) is 1.25. The third-order valence-corrected chi connectivity index (χ3v) is 4.84. The molecule has 0 bridgehead atoms. The first-order valence-electron chi connectivity index (χ1n) is 9.33. The number of ether oxygens (including phenoxy) is 3. The minimum absolute atomic E-state index is 0.0587. The molecule has 3 aromatic rings. The van der Waals surface area contributed by atoms with Gasteiger partial charge < -0.3 is 14.2 Å². The van der Waals surface area contributed by atoms with Crippen molar-refractivity contribution in [2.75, 3.05) is 6.61 Å². The number of hydrogen-bond acceptors (Lipinski definition) is 5. The molecule has 2 unspecified atom stereocenters. The topological polar surface area (TPSA) is 61.8 Å². The number of ketones is 1. The van der Waals surface area contributed by atoms with Gasteiger partial charge in [0.2, 0.25) is 17.5 Å². The number of hydrogen-bond donors (Lipinski definition) is 0. The molecule has 3 aromatic carbocycles. The number of rotatable bonds is 4. The van der Waals surface area contributed by atoms with Crippen LogP contribution in [-0.4, -0.2) is 24.5 Å². The first-order chi connectivity index (χ1) is 14.1. The van der Waals surface area contributed by atoms with Crippen molar-refractivity contribution in [2.45, 2.75) is 18.6 Å². The van der Waals surface area contributed by atoms with Gasteiger partial charge in [0, 0.05) is 18.1 Å².